The van der Waals surface area contributed by atoms with E-state index in [1.165, 1.54) is 30.9 Å². The first kappa shape index (κ1) is 26.9. The summed E-state index contributed by atoms with van der Waals surface area (Å²) >= 11 is 0. The Hall–Kier alpha value is -4.19. The van der Waals surface area contributed by atoms with Gasteiger partial charge >= 0.3 is 0 Å². The number of benzene rings is 2. The highest BCUT2D eigenvalue weighted by molar-refractivity contribution is 7.91. The fraction of sp³-hybridized carbons (Fsp3) is 0.308. The molecule has 4 aromatic rings. The molecule has 12 heteroatoms. The number of nitrogens with zero attached hydrogens (tertiary/aromatic N) is 5. The number of aryl methyl sites for hydroxylation is 3. The summed E-state index contributed by atoms with van der Waals surface area (Å²) in [5, 5.41) is 19.4. The van der Waals surface area contributed by atoms with Crippen LogP contribution in [0.25, 0.3) is 16.9 Å². The van der Waals surface area contributed by atoms with Crippen molar-refractivity contribution in [2.75, 3.05) is 14.2 Å². The van der Waals surface area contributed by atoms with Crippen LogP contribution in [0.15, 0.2) is 57.1 Å². The molecule has 2 aromatic heterocycles. The summed E-state index contributed by atoms with van der Waals surface area (Å²) < 4.78 is 41.2. The van der Waals surface area contributed by atoms with Crippen LogP contribution >= 0.6 is 0 Å². The monoisotopic (exact) mass is 539 g/mol. The quantitative estimate of drug-likeness (QED) is 0.340. The first-order valence-electron chi connectivity index (χ1n) is 11.9. The molecule has 200 valence electrons. The largest absolute Gasteiger partial charge is 0.494 e. The molecule has 11 nitrogen and oxygen atoms in total. The molecule has 4 rings (SSSR count). The van der Waals surface area contributed by atoms with E-state index in [2.05, 4.69) is 15.3 Å². The second-order valence-corrected chi connectivity index (χ2v) is 10.5. The van der Waals surface area contributed by atoms with Gasteiger partial charge in [-0.05, 0) is 37.6 Å². The highest BCUT2D eigenvalue weighted by atomic mass is 32.2. The molecular formula is C26H29N5O6S. The summed E-state index contributed by atoms with van der Waals surface area (Å²) in [5.74, 6) is 0.0201. The van der Waals surface area contributed by atoms with Gasteiger partial charge in [-0.15, -0.1) is 5.10 Å². The summed E-state index contributed by atoms with van der Waals surface area (Å²) in [6.07, 6.45) is 1.75. The molecule has 0 unspecified atom stereocenters. The number of unbranched alkanes of at least 4 members (excludes halogenated alkanes) is 1. The molecule has 0 spiro atoms. The van der Waals surface area contributed by atoms with Gasteiger partial charge in [0.05, 0.1) is 30.5 Å². The Kier molecular flexibility index (Phi) is 7.53. The zero-order chi connectivity index (χ0) is 27.6. The Bertz CT molecular complexity index is 1600. The Labute approximate surface area is 220 Å². The van der Waals surface area contributed by atoms with Crippen molar-refractivity contribution < 1.29 is 23.0 Å². The third-order valence-corrected chi connectivity index (χ3v) is 7.97. The maximum absolute atomic E-state index is 13.7. The summed E-state index contributed by atoms with van der Waals surface area (Å²) in [4.78, 5) is 16.2. The highest BCUT2D eigenvalue weighted by Crippen LogP contribution is 2.38. The fourth-order valence-electron chi connectivity index (χ4n) is 4.33. The number of sulfone groups is 1. The Morgan fingerprint density at radius 2 is 1.66 bits per heavy atom. The minimum absolute atomic E-state index is 0.178. The minimum atomic E-state index is -4.48. The molecule has 0 saturated heterocycles. The van der Waals surface area contributed by atoms with E-state index < -0.39 is 26.2 Å². The standard InChI is InChI=1S/C26H29N5O6S/c1-6-7-11-21-27-25(32)24(26(33)31(21)23-19(36-4)9-8-10-20(23)37-5)38(34,35)18-14-12-17(13-15-18)22-16(2)28-29-30(22)3/h8-10,12-15,33H,6-7,11H2,1-5H3. The second-order valence-electron chi connectivity index (χ2n) is 8.61. The first-order valence-corrected chi connectivity index (χ1v) is 13.4. The first-order chi connectivity index (χ1) is 18.1. The van der Waals surface area contributed by atoms with Gasteiger partial charge in [-0.1, -0.05) is 36.8 Å². The number of hydrogen-bond acceptors (Lipinski definition) is 9. The van der Waals surface area contributed by atoms with E-state index in [0.29, 0.717) is 35.6 Å². The third kappa shape index (κ3) is 4.62. The van der Waals surface area contributed by atoms with E-state index in [4.69, 9.17) is 9.47 Å². The number of ether oxygens (including phenoxy) is 2. The summed E-state index contributed by atoms with van der Waals surface area (Å²) in [7, 11) is 0.136. The Morgan fingerprint density at radius 1 is 1.03 bits per heavy atom. The van der Waals surface area contributed by atoms with E-state index in [1.807, 2.05) is 6.92 Å². The van der Waals surface area contributed by atoms with Crippen LogP contribution in [-0.4, -0.2) is 52.3 Å². The molecule has 0 saturated carbocycles. The van der Waals surface area contributed by atoms with Gasteiger partial charge in [0.2, 0.25) is 15.7 Å². The smallest absolute Gasteiger partial charge is 0.296 e. The van der Waals surface area contributed by atoms with Gasteiger partial charge in [-0.2, -0.15) is 4.98 Å². The molecular weight excluding hydrogens is 510 g/mol. The molecule has 0 bridgehead atoms. The molecule has 2 aromatic carbocycles. The molecule has 0 fully saturated rings. The predicted molar refractivity (Wildman–Crippen MR) is 140 cm³/mol. The predicted octanol–water partition coefficient (Wildman–Crippen LogP) is 3.23. The van der Waals surface area contributed by atoms with Gasteiger partial charge < -0.3 is 14.6 Å². The molecule has 1 N–H and O–H groups in total. The topological polar surface area (TPSA) is 138 Å². The van der Waals surface area contributed by atoms with Crippen molar-refractivity contribution in [2.45, 2.75) is 42.9 Å². The zero-order valence-corrected chi connectivity index (χ0v) is 22.6. The van der Waals surface area contributed by atoms with Crippen LogP contribution in [0.4, 0.5) is 0 Å². The second kappa shape index (κ2) is 10.7. The van der Waals surface area contributed by atoms with Crippen LogP contribution in [-0.2, 0) is 23.3 Å². The van der Waals surface area contributed by atoms with Gasteiger partial charge in [0.25, 0.3) is 5.56 Å². The number of methoxy groups -OCH3 is 2. The van der Waals surface area contributed by atoms with Crippen LogP contribution in [0.2, 0.25) is 0 Å². The van der Waals surface area contributed by atoms with Crippen LogP contribution in [0.3, 0.4) is 0 Å². The molecule has 0 amide bonds. The molecule has 2 heterocycles. The van der Waals surface area contributed by atoms with Gasteiger partial charge in [-0.25, -0.2) is 13.1 Å². The lowest BCUT2D eigenvalue weighted by Crippen LogP contribution is -2.25. The maximum Gasteiger partial charge on any atom is 0.296 e. The van der Waals surface area contributed by atoms with Crippen LogP contribution in [0.5, 0.6) is 17.4 Å². The molecule has 0 aliphatic rings. The number of hydrogen-bond donors (Lipinski definition) is 1. The summed E-state index contributed by atoms with van der Waals surface area (Å²) in [6, 6.07) is 10.9. The van der Waals surface area contributed by atoms with Crippen LogP contribution < -0.4 is 15.0 Å². The number of rotatable bonds is 9. The Balaban J connectivity index is 1.94. The van der Waals surface area contributed by atoms with Crippen molar-refractivity contribution in [1.29, 1.82) is 0 Å². The molecule has 0 atom stereocenters. The van der Waals surface area contributed by atoms with E-state index in [0.717, 1.165) is 12.1 Å². The normalized spacial score (nSPS) is 11.5. The SMILES string of the molecule is CCCCc1nc(=O)c(S(=O)(=O)c2ccc(-c3c(C)nnn3C)cc2)c(O)n1-c1c(OC)cccc1OC. The van der Waals surface area contributed by atoms with E-state index in [-0.39, 0.29) is 16.4 Å². The van der Waals surface area contributed by atoms with Gasteiger partial charge in [0.15, 0.2) is 4.90 Å². The number of aromatic hydroxyl groups is 1. The van der Waals surface area contributed by atoms with Gasteiger partial charge in [0.1, 0.15) is 23.0 Å². The molecule has 0 aliphatic carbocycles. The van der Waals surface area contributed by atoms with Gasteiger partial charge in [0, 0.05) is 19.0 Å². The van der Waals surface area contributed by atoms with Crippen molar-refractivity contribution >= 4 is 9.84 Å². The van der Waals surface area contributed by atoms with Crippen molar-refractivity contribution in [3.63, 3.8) is 0 Å². The lowest BCUT2D eigenvalue weighted by molar-refractivity contribution is 0.374. The molecule has 0 aliphatic heterocycles. The minimum Gasteiger partial charge on any atom is -0.494 e. The van der Waals surface area contributed by atoms with E-state index >= 15 is 0 Å². The molecule has 38 heavy (non-hydrogen) atoms. The fourth-order valence-corrected chi connectivity index (χ4v) is 5.67. The van der Waals surface area contributed by atoms with Crippen molar-refractivity contribution in [1.82, 2.24) is 24.5 Å². The maximum atomic E-state index is 13.7. The van der Waals surface area contributed by atoms with Crippen LogP contribution in [0.1, 0.15) is 31.3 Å². The summed E-state index contributed by atoms with van der Waals surface area (Å²) in [5.41, 5.74) is 1.29. The average Bonchev–Trinajstić information content (AvgIpc) is 3.24. The van der Waals surface area contributed by atoms with Gasteiger partial charge in [-0.3, -0.25) is 9.36 Å². The highest BCUT2D eigenvalue weighted by Gasteiger charge is 2.32. The lowest BCUT2D eigenvalue weighted by atomic mass is 10.1. The number of para-hydroxylation sites is 1. The zero-order valence-electron chi connectivity index (χ0n) is 21.8. The molecule has 0 radical (unpaired) electrons. The van der Waals surface area contributed by atoms with Crippen molar-refractivity contribution in [2.24, 2.45) is 7.05 Å². The van der Waals surface area contributed by atoms with Crippen molar-refractivity contribution in [3.05, 3.63) is 64.3 Å². The van der Waals surface area contributed by atoms with E-state index in [9.17, 15) is 18.3 Å². The summed E-state index contributed by atoms with van der Waals surface area (Å²) in [6.45, 7) is 3.77. The lowest BCUT2D eigenvalue weighted by Gasteiger charge is -2.21. The van der Waals surface area contributed by atoms with Crippen LogP contribution in [0, 0.1) is 6.92 Å². The third-order valence-electron chi connectivity index (χ3n) is 6.18. The number of aromatic nitrogens is 5. The average molecular weight is 540 g/mol. The van der Waals surface area contributed by atoms with Crippen molar-refractivity contribution in [3.8, 4) is 34.3 Å². The Morgan fingerprint density at radius 3 is 2.18 bits per heavy atom. The van der Waals surface area contributed by atoms with E-state index in [1.54, 1.807) is 49.0 Å².